The molecule has 2 aliphatic heterocycles. The average Bonchev–Trinajstić information content (AvgIpc) is 3.71. The van der Waals surface area contributed by atoms with Gasteiger partial charge in [-0.2, -0.15) is 0 Å². The van der Waals surface area contributed by atoms with Crippen LogP contribution in [0.3, 0.4) is 0 Å². The fraction of sp³-hybridized carbons (Fsp3) is 0.382. The SMILES string of the molecule is CNC(=O)n1ccc2cc(N(CCC(C)(C)O)c3ccnc(NC(=O)c4ccc(CN5C6CCC5CC6)cc4)c3)ccc21. The molecule has 0 saturated carbocycles. The van der Waals surface area contributed by atoms with Crippen LogP contribution in [-0.4, -0.2) is 62.8 Å². The zero-order chi connectivity index (χ0) is 30.1. The number of aliphatic hydroxyl groups is 1. The minimum atomic E-state index is -0.866. The molecule has 2 aliphatic rings. The first-order valence-corrected chi connectivity index (χ1v) is 15.1. The summed E-state index contributed by atoms with van der Waals surface area (Å²) in [6.45, 7) is 5.06. The molecule has 4 heterocycles. The summed E-state index contributed by atoms with van der Waals surface area (Å²) < 4.78 is 1.57. The summed E-state index contributed by atoms with van der Waals surface area (Å²) in [5, 5.41) is 17.0. The number of benzene rings is 2. The number of hydrogen-bond acceptors (Lipinski definition) is 6. The van der Waals surface area contributed by atoms with Gasteiger partial charge in [-0.3, -0.25) is 14.3 Å². The highest BCUT2D eigenvalue weighted by Crippen LogP contribution is 2.38. The molecule has 0 radical (unpaired) electrons. The maximum atomic E-state index is 13.2. The number of carbonyl (C=O) groups is 2. The third-order valence-electron chi connectivity index (χ3n) is 8.85. The molecule has 0 atom stereocenters. The molecule has 2 fully saturated rings. The lowest BCUT2D eigenvalue weighted by Crippen LogP contribution is -2.28. The van der Waals surface area contributed by atoms with Crippen LogP contribution in [0.15, 0.2) is 73.1 Å². The van der Waals surface area contributed by atoms with Crippen molar-refractivity contribution in [1.29, 1.82) is 0 Å². The molecule has 2 bridgehead atoms. The number of hydrogen-bond donors (Lipinski definition) is 3. The zero-order valence-corrected chi connectivity index (χ0v) is 25.1. The zero-order valence-electron chi connectivity index (χ0n) is 25.1. The summed E-state index contributed by atoms with van der Waals surface area (Å²) in [7, 11) is 1.61. The van der Waals surface area contributed by atoms with E-state index in [-0.39, 0.29) is 11.9 Å². The van der Waals surface area contributed by atoms with Crippen molar-refractivity contribution >= 4 is 40.0 Å². The third-order valence-corrected chi connectivity index (χ3v) is 8.85. The van der Waals surface area contributed by atoms with Gasteiger partial charge in [-0.25, -0.2) is 9.78 Å². The highest BCUT2D eigenvalue weighted by Gasteiger charge is 2.38. The van der Waals surface area contributed by atoms with Crippen LogP contribution in [0.2, 0.25) is 0 Å². The van der Waals surface area contributed by atoms with Crippen LogP contribution in [0.5, 0.6) is 0 Å². The van der Waals surface area contributed by atoms with Crippen LogP contribution in [-0.2, 0) is 6.54 Å². The van der Waals surface area contributed by atoms with Crippen molar-refractivity contribution in [3.8, 4) is 0 Å². The van der Waals surface area contributed by atoms with Gasteiger partial charge in [-0.1, -0.05) is 12.1 Å². The topological polar surface area (TPSA) is 103 Å². The van der Waals surface area contributed by atoms with E-state index in [1.807, 2.05) is 48.5 Å². The van der Waals surface area contributed by atoms with E-state index >= 15 is 0 Å². The standard InChI is InChI=1S/C34H40N6O3/c1-34(2,43)16-19-38(28-12-13-30-25(20-28)15-18-39(30)33(42)35-3)29-14-17-36-31(21-29)37-32(41)24-6-4-23(5-7-24)22-40-26-8-9-27(40)11-10-26/h4-7,12-15,17-18,20-21,26-27,43H,8-11,16,19,22H2,1-3H3,(H,35,42)(H,36,37,41). The van der Waals surface area contributed by atoms with Crippen molar-refractivity contribution in [2.45, 2.75) is 70.2 Å². The number of pyridine rings is 1. The first-order chi connectivity index (χ1) is 20.7. The highest BCUT2D eigenvalue weighted by atomic mass is 16.3. The number of anilines is 3. The Balaban J connectivity index is 1.20. The van der Waals surface area contributed by atoms with Crippen molar-refractivity contribution in [3.05, 3.63) is 84.2 Å². The van der Waals surface area contributed by atoms with E-state index in [1.54, 1.807) is 37.9 Å². The minimum absolute atomic E-state index is 0.204. The normalized spacial score (nSPS) is 18.2. The van der Waals surface area contributed by atoms with Crippen LogP contribution in [0.1, 0.15) is 61.9 Å². The molecule has 2 saturated heterocycles. The Hall–Kier alpha value is -4.21. The first kappa shape index (κ1) is 28.9. The maximum Gasteiger partial charge on any atom is 0.325 e. The van der Waals surface area contributed by atoms with E-state index < -0.39 is 5.60 Å². The molecule has 3 N–H and O–H groups in total. The molecule has 2 aromatic carbocycles. The smallest absolute Gasteiger partial charge is 0.325 e. The number of fused-ring (bicyclic) bond motifs is 3. The summed E-state index contributed by atoms with van der Waals surface area (Å²) in [5.74, 6) is 0.234. The number of nitrogens with one attached hydrogen (secondary N) is 2. The van der Waals surface area contributed by atoms with Crippen molar-refractivity contribution < 1.29 is 14.7 Å². The number of aromatic nitrogens is 2. The van der Waals surface area contributed by atoms with E-state index in [9.17, 15) is 14.7 Å². The quantitative estimate of drug-likeness (QED) is 0.228. The molecule has 43 heavy (non-hydrogen) atoms. The summed E-state index contributed by atoms with van der Waals surface area (Å²) in [6.07, 6.45) is 9.18. The van der Waals surface area contributed by atoms with E-state index in [0.29, 0.717) is 24.3 Å². The average molecular weight is 581 g/mol. The van der Waals surface area contributed by atoms with E-state index in [2.05, 4.69) is 37.6 Å². The molecule has 6 rings (SSSR count). The van der Waals surface area contributed by atoms with Gasteiger partial charge in [0.25, 0.3) is 5.91 Å². The second kappa shape index (κ2) is 11.8. The van der Waals surface area contributed by atoms with Gasteiger partial charge in [-0.05, 0) is 94.0 Å². The van der Waals surface area contributed by atoms with Crippen molar-refractivity contribution in [1.82, 2.24) is 19.8 Å². The molecule has 0 aliphatic carbocycles. The maximum absolute atomic E-state index is 13.2. The third kappa shape index (κ3) is 6.28. The van der Waals surface area contributed by atoms with E-state index in [1.165, 1.54) is 31.2 Å². The molecule has 2 aromatic heterocycles. The lowest BCUT2D eigenvalue weighted by molar-refractivity contribution is 0.0737. The number of nitrogens with zero attached hydrogens (tertiary/aromatic N) is 4. The Morgan fingerprint density at radius 2 is 1.67 bits per heavy atom. The Kier molecular flexibility index (Phi) is 7.94. The van der Waals surface area contributed by atoms with Gasteiger partial charge in [0.15, 0.2) is 0 Å². The molecule has 2 amide bonds. The van der Waals surface area contributed by atoms with E-state index in [0.717, 1.165) is 40.9 Å². The van der Waals surface area contributed by atoms with Gasteiger partial charge >= 0.3 is 6.03 Å². The Labute approximate surface area is 252 Å². The molecule has 9 heteroatoms. The molecule has 9 nitrogen and oxygen atoms in total. The molecule has 224 valence electrons. The van der Waals surface area contributed by atoms with Crippen molar-refractivity contribution in [2.75, 3.05) is 23.8 Å². The number of rotatable bonds is 9. The fourth-order valence-electron chi connectivity index (χ4n) is 6.48. The van der Waals surface area contributed by atoms with Gasteiger partial charge in [0, 0.05) is 73.0 Å². The number of carbonyl (C=O) groups excluding carboxylic acids is 2. The van der Waals surface area contributed by atoms with Gasteiger partial charge in [-0.15, -0.1) is 0 Å². The van der Waals surface area contributed by atoms with Crippen LogP contribution < -0.4 is 15.5 Å². The molecule has 4 aromatic rings. The summed E-state index contributed by atoms with van der Waals surface area (Å²) in [4.78, 5) is 34.6. The van der Waals surface area contributed by atoms with Gasteiger partial charge in [0.05, 0.1) is 11.1 Å². The van der Waals surface area contributed by atoms with Crippen molar-refractivity contribution in [2.24, 2.45) is 0 Å². The van der Waals surface area contributed by atoms with Gasteiger partial charge in [0.1, 0.15) is 5.82 Å². The van der Waals surface area contributed by atoms with Crippen LogP contribution in [0.25, 0.3) is 10.9 Å². The van der Waals surface area contributed by atoms with Gasteiger partial charge in [0.2, 0.25) is 0 Å². The summed E-state index contributed by atoms with van der Waals surface area (Å²) in [6, 6.07) is 20.7. The second-order valence-corrected chi connectivity index (χ2v) is 12.4. The molecule has 0 spiro atoms. The fourth-order valence-corrected chi connectivity index (χ4v) is 6.48. The van der Waals surface area contributed by atoms with E-state index in [4.69, 9.17) is 0 Å². The second-order valence-electron chi connectivity index (χ2n) is 12.4. The summed E-state index contributed by atoms with van der Waals surface area (Å²) >= 11 is 0. The molecule has 0 unspecified atom stereocenters. The van der Waals surface area contributed by atoms with Crippen LogP contribution >= 0.6 is 0 Å². The minimum Gasteiger partial charge on any atom is -0.390 e. The van der Waals surface area contributed by atoms with Crippen LogP contribution in [0.4, 0.5) is 22.0 Å². The predicted molar refractivity (Wildman–Crippen MR) is 170 cm³/mol. The largest absolute Gasteiger partial charge is 0.390 e. The molecular formula is C34H40N6O3. The Morgan fingerprint density at radius 1 is 0.977 bits per heavy atom. The molecular weight excluding hydrogens is 540 g/mol. The Bertz CT molecular complexity index is 1600. The lowest BCUT2D eigenvalue weighted by Gasteiger charge is -2.28. The van der Waals surface area contributed by atoms with Crippen molar-refractivity contribution in [3.63, 3.8) is 0 Å². The number of amides is 2. The van der Waals surface area contributed by atoms with Gasteiger partial charge < -0.3 is 20.6 Å². The monoisotopic (exact) mass is 580 g/mol. The Morgan fingerprint density at radius 3 is 2.35 bits per heavy atom. The lowest BCUT2D eigenvalue weighted by atomic mass is 10.0. The first-order valence-electron chi connectivity index (χ1n) is 15.1. The highest BCUT2D eigenvalue weighted by molar-refractivity contribution is 6.04. The van der Waals surface area contributed by atoms with Crippen LogP contribution in [0, 0.1) is 0 Å². The predicted octanol–water partition coefficient (Wildman–Crippen LogP) is 5.90. The summed E-state index contributed by atoms with van der Waals surface area (Å²) in [5.41, 5.74) is 3.49.